The van der Waals surface area contributed by atoms with Gasteiger partial charge in [-0.3, -0.25) is 14.4 Å². The Morgan fingerprint density at radius 1 is 1.39 bits per heavy atom. The summed E-state index contributed by atoms with van der Waals surface area (Å²) in [4.78, 5) is 36.7. The quantitative estimate of drug-likeness (QED) is 0.834. The van der Waals surface area contributed by atoms with Gasteiger partial charge in [0.25, 0.3) is 5.91 Å². The number of carbonyl (C=O) groups excluding carboxylic acids is 2. The largest absolute Gasteiger partial charge is 0.497 e. The molecule has 1 aromatic rings. The first-order chi connectivity index (χ1) is 11.0. The van der Waals surface area contributed by atoms with Crippen LogP contribution >= 0.6 is 0 Å². The fourth-order valence-electron chi connectivity index (χ4n) is 2.54. The zero-order chi connectivity index (χ0) is 16.8. The van der Waals surface area contributed by atoms with Crippen LogP contribution < -0.4 is 10.1 Å². The normalized spacial score (nSPS) is 17.4. The van der Waals surface area contributed by atoms with Gasteiger partial charge in [0.15, 0.2) is 0 Å². The molecule has 7 nitrogen and oxygen atoms in total. The van der Waals surface area contributed by atoms with E-state index in [2.05, 4.69) is 5.32 Å². The Bertz CT molecular complexity index is 602. The van der Waals surface area contributed by atoms with Crippen molar-refractivity contribution in [2.75, 3.05) is 26.7 Å². The lowest BCUT2D eigenvalue weighted by molar-refractivity contribution is -0.145. The van der Waals surface area contributed by atoms with E-state index < -0.39 is 11.9 Å². The average molecular weight is 320 g/mol. The number of nitrogens with zero attached hydrogens (tertiary/aromatic N) is 1. The van der Waals surface area contributed by atoms with Crippen molar-refractivity contribution in [2.24, 2.45) is 5.92 Å². The van der Waals surface area contributed by atoms with E-state index in [0.29, 0.717) is 30.7 Å². The van der Waals surface area contributed by atoms with Gasteiger partial charge in [-0.2, -0.15) is 0 Å². The van der Waals surface area contributed by atoms with Gasteiger partial charge in [-0.05, 0) is 31.0 Å². The van der Waals surface area contributed by atoms with Crippen molar-refractivity contribution in [2.45, 2.75) is 12.8 Å². The van der Waals surface area contributed by atoms with Gasteiger partial charge in [-0.15, -0.1) is 0 Å². The lowest BCUT2D eigenvalue weighted by atomic mass is 9.98. The molecule has 0 aliphatic carbocycles. The van der Waals surface area contributed by atoms with E-state index in [4.69, 9.17) is 9.84 Å². The van der Waals surface area contributed by atoms with E-state index in [1.807, 2.05) is 0 Å². The molecule has 1 aliphatic rings. The van der Waals surface area contributed by atoms with Crippen molar-refractivity contribution in [3.8, 4) is 5.75 Å². The number of amides is 2. The number of piperidine rings is 1. The Morgan fingerprint density at radius 3 is 2.87 bits per heavy atom. The maximum atomic E-state index is 12.1. The molecule has 1 aliphatic heterocycles. The second-order valence-electron chi connectivity index (χ2n) is 5.43. The van der Waals surface area contributed by atoms with Crippen LogP contribution in [0.4, 0.5) is 0 Å². The number of aliphatic carboxylic acids is 1. The molecule has 1 saturated heterocycles. The smallest absolute Gasteiger partial charge is 0.308 e. The van der Waals surface area contributed by atoms with Gasteiger partial charge in [0, 0.05) is 18.7 Å². The Hall–Kier alpha value is -2.57. The summed E-state index contributed by atoms with van der Waals surface area (Å²) >= 11 is 0. The summed E-state index contributed by atoms with van der Waals surface area (Å²) in [6, 6.07) is 6.63. The van der Waals surface area contributed by atoms with Gasteiger partial charge in [0.05, 0.1) is 19.6 Å². The monoisotopic (exact) mass is 320 g/mol. The summed E-state index contributed by atoms with van der Waals surface area (Å²) in [5, 5.41) is 11.6. The highest BCUT2D eigenvalue weighted by molar-refractivity contribution is 5.96. The summed E-state index contributed by atoms with van der Waals surface area (Å²) < 4.78 is 5.05. The van der Waals surface area contributed by atoms with Gasteiger partial charge in [-0.25, -0.2) is 0 Å². The molecule has 1 atom stereocenters. The predicted octanol–water partition coefficient (Wildman–Crippen LogP) is 0.748. The molecule has 2 amide bonds. The minimum absolute atomic E-state index is 0.150. The number of hydrogen-bond donors (Lipinski definition) is 2. The van der Waals surface area contributed by atoms with Crippen molar-refractivity contribution in [3.05, 3.63) is 29.8 Å². The van der Waals surface area contributed by atoms with Gasteiger partial charge in [0.2, 0.25) is 5.91 Å². The number of carboxylic acid groups (broad SMARTS) is 1. The van der Waals surface area contributed by atoms with Crippen LogP contribution in [0.25, 0.3) is 0 Å². The number of methoxy groups -OCH3 is 1. The molecule has 1 fully saturated rings. The van der Waals surface area contributed by atoms with Crippen LogP contribution in [-0.4, -0.2) is 54.5 Å². The fourth-order valence-corrected chi connectivity index (χ4v) is 2.54. The molecule has 124 valence electrons. The number of benzene rings is 1. The zero-order valence-corrected chi connectivity index (χ0v) is 12.9. The Morgan fingerprint density at radius 2 is 2.17 bits per heavy atom. The zero-order valence-electron chi connectivity index (χ0n) is 12.9. The SMILES string of the molecule is COc1cccc(C(=O)NCC(=O)N2CCCC(C(=O)O)C2)c1. The van der Waals surface area contributed by atoms with Gasteiger partial charge in [-0.1, -0.05) is 6.07 Å². The number of likely N-dealkylation sites (tertiary alicyclic amines) is 1. The lowest BCUT2D eigenvalue weighted by Gasteiger charge is -2.30. The van der Waals surface area contributed by atoms with Crippen LogP contribution in [0.3, 0.4) is 0 Å². The van der Waals surface area contributed by atoms with E-state index in [0.717, 1.165) is 0 Å². The molecule has 23 heavy (non-hydrogen) atoms. The molecular weight excluding hydrogens is 300 g/mol. The van der Waals surface area contributed by atoms with Gasteiger partial charge in [0.1, 0.15) is 5.75 Å². The third-order valence-corrected chi connectivity index (χ3v) is 3.86. The van der Waals surface area contributed by atoms with Crippen LogP contribution in [0.2, 0.25) is 0 Å². The van der Waals surface area contributed by atoms with E-state index in [1.165, 1.54) is 12.0 Å². The summed E-state index contributed by atoms with van der Waals surface area (Å²) in [5.41, 5.74) is 0.402. The number of carboxylic acids is 1. The molecule has 0 aromatic heterocycles. The molecule has 1 heterocycles. The first-order valence-corrected chi connectivity index (χ1v) is 7.44. The van der Waals surface area contributed by atoms with Crippen LogP contribution in [0, 0.1) is 5.92 Å². The van der Waals surface area contributed by atoms with Crippen molar-refractivity contribution in [1.82, 2.24) is 10.2 Å². The van der Waals surface area contributed by atoms with E-state index in [9.17, 15) is 14.4 Å². The highest BCUT2D eigenvalue weighted by Crippen LogP contribution is 2.16. The second kappa shape index (κ2) is 7.62. The molecule has 0 saturated carbocycles. The number of hydrogen-bond acceptors (Lipinski definition) is 4. The van der Waals surface area contributed by atoms with Crippen LogP contribution in [0.5, 0.6) is 5.75 Å². The number of ether oxygens (including phenoxy) is 1. The molecule has 0 radical (unpaired) electrons. The average Bonchev–Trinajstić information content (AvgIpc) is 2.59. The lowest BCUT2D eigenvalue weighted by Crippen LogP contribution is -2.46. The first kappa shape index (κ1) is 16.8. The van der Waals surface area contributed by atoms with Gasteiger partial charge >= 0.3 is 5.97 Å². The van der Waals surface area contributed by atoms with Gasteiger partial charge < -0.3 is 20.1 Å². The van der Waals surface area contributed by atoms with E-state index >= 15 is 0 Å². The molecule has 0 bridgehead atoms. The number of rotatable bonds is 5. The first-order valence-electron chi connectivity index (χ1n) is 7.44. The summed E-state index contributed by atoms with van der Waals surface area (Å²) in [6.45, 7) is 0.573. The Balaban J connectivity index is 1.88. The third-order valence-electron chi connectivity index (χ3n) is 3.86. The Labute approximate surface area is 134 Å². The van der Waals surface area contributed by atoms with Crippen LogP contribution in [0.1, 0.15) is 23.2 Å². The van der Waals surface area contributed by atoms with E-state index in [-0.39, 0.29) is 24.9 Å². The van der Waals surface area contributed by atoms with Crippen molar-refractivity contribution >= 4 is 17.8 Å². The molecule has 1 unspecified atom stereocenters. The Kier molecular flexibility index (Phi) is 5.56. The van der Waals surface area contributed by atoms with Crippen molar-refractivity contribution < 1.29 is 24.2 Å². The van der Waals surface area contributed by atoms with E-state index in [1.54, 1.807) is 24.3 Å². The maximum absolute atomic E-state index is 12.1. The molecule has 7 heteroatoms. The second-order valence-corrected chi connectivity index (χ2v) is 5.43. The summed E-state index contributed by atoms with van der Waals surface area (Å²) in [7, 11) is 1.51. The maximum Gasteiger partial charge on any atom is 0.308 e. The minimum Gasteiger partial charge on any atom is -0.497 e. The topological polar surface area (TPSA) is 95.9 Å². The van der Waals surface area contributed by atoms with Crippen LogP contribution in [0.15, 0.2) is 24.3 Å². The van der Waals surface area contributed by atoms with Crippen LogP contribution in [-0.2, 0) is 9.59 Å². The summed E-state index contributed by atoms with van der Waals surface area (Å²) in [6.07, 6.45) is 1.24. The highest BCUT2D eigenvalue weighted by atomic mass is 16.5. The molecular formula is C16H20N2O5. The predicted molar refractivity (Wildman–Crippen MR) is 82.3 cm³/mol. The minimum atomic E-state index is -0.886. The fraction of sp³-hybridized carbons (Fsp3) is 0.438. The van der Waals surface area contributed by atoms with Crippen molar-refractivity contribution in [3.63, 3.8) is 0 Å². The highest BCUT2D eigenvalue weighted by Gasteiger charge is 2.28. The molecule has 1 aromatic carbocycles. The third kappa shape index (κ3) is 4.45. The standard InChI is InChI=1S/C16H20N2O5/c1-23-13-6-2-4-11(8-13)15(20)17-9-14(19)18-7-3-5-12(10-18)16(21)22/h2,4,6,8,12H,3,5,7,9-10H2,1H3,(H,17,20)(H,21,22). The van der Waals surface area contributed by atoms with Crippen molar-refractivity contribution in [1.29, 1.82) is 0 Å². The molecule has 2 rings (SSSR count). The number of carbonyl (C=O) groups is 3. The molecule has 0 spiro atoms. The number of nitrogens with one attached hydrogen (secondary N) is 1. The molecule has 2 N–H and O–H groups in total. The summed E-state index contributed by atoms with van der Waals surface area (Å²) in [5.74, 6) is -1.50.